The Morgan fingerprint density at radius 2 is 2.00 bits per heavy atom. The van der Waals surface area contributed by atoms with E-state index in [0.29, 0.717) is 6.42 Å². The largest absolute Gasteiger partial charge is 0.356 e. The lowest BCUT2D eigenvalue weighted by Crippen LogP contribution is -2.32. The number of carbonyl (C=O) groups is 1. The predicted molar refractivity (Wildman–Crippen MR) is 77.4 cm³/mol. The third-order valence-electron chi connectivity index (χ3n) is 2.70. The molecule has 17 heavy (non-hydrogen) atoms. The Bertz CT molecular complexity index is 188. The van der Waals surface area contributed by atoms with Gasteiger partial charge in [-0.1, -0.05) is 26.2 Å². The first kappa shape index (κ1) is 16.8. The standard InChI is InChI=1S/C13H28N2OS/c1-3-8-12(14)11-13(16)15-9-6-4-5-7-10-17-2/h12H,3-11,14H2,1-2H3,(H,15,16). The van der Waals surface area contributed by atoms with Gasteiger partial charge in [0, 0.05) is 19.0 Å². The monoisotopic (exact) mass is 260 g/mol. The van der Waals surface area contributed by atoms with Crippen LogP contribution in [-0.2, 0) is 4.79 Å². The molecule has 0 fully saturated rings. The first-order chi connectivity index (χ1) is 8.20. The molecule has 0 spiro atoms. The zero-order valence-electron chi connectivity index (χ0n) is 11.3. The Balaban J connectivity index is 3.27. The number of rotatable bonds is 11. The topological polar surface area (TPSA) is 55.1 Å². The number of amides is 1. The first-order valence-electron chi connectivity index (χ1n) is 6.72. The van der Waals surface area contributed by atoms with Crippen molar-refractivity contribution in [1.29, 1.82) is 0 Å². The van der Waals surface area contributed by atoms with E-state index in [4.69, 9.17) is 5.73 Å². The molecule has 1 amide bonds. The maximum absolute atomic E-state index is 11.5. The molecule has 0 aliphatic heterocycles. The van der Waals surface area contributed by atoms with E-state index in [1.165, 1.54) is 25.0 Å². The average Bonchev–Trinajstić information content (AvgIpc) is 2.28. The van der Waals surface area contributed by atoms with Crippen LogP contribution in [0.4, 0.5) is 0 Å². The molecule has 4 heteroatoms. The van der Waals surface area contributed by atoms with Crippen molar-refractivity contribution < 1.29 is 4.79 Å². The zero-order valence-corrected chi connectivity index (χ0v) is 12.2. The highest BCUT2D eigenvalue weighted by Gasteiger charge is 2.07. The molecule has 0 aliphatic carbocycles. The van der Waals surface area contributed by atoms with E-state index in [0.717, 1.165) is 25.8 Å². The molecular weight excluding hydrogens is 232 g/mol. The quantitative estimate of drug-likeness (QED) is 0.561. The van der Waals surface area contributed by atoms with Crippen LogP contribution in [0.5, 0.6) is 0 Å². The normalized spacial score (nSPS) is 12.4. The summed E-state index contributed by atoms with van der Waals surface area (Å²) >= 11 is 1.90. The summed E-state index contributed by atoms with van der Waals surface area (Å²) < 4.78 is 0. The van der Waals surface area contributed by atoms with Crippen molar-refractivity contribution in [3.05, 3.63) is 0 Å². The highest BCUT2D eigenvalue weighted by Crippen LogP contribution is 2.04. The van der Waals surface area contributed by atoms with Gasteiger partial charge in [-0.2, -0.15) is 11.8 Å². The Morgan fingerprint density at radius 1 is 1.29 bits per heavy atom. The van der Waals surface area contributed by atoms with Crippen molar-refractivity contribution in [2.45, 2.75) is 57.9 Å². The molecule has 0 saturated carbocycles. The number of hydrogen-bond donors (Lipinski definition) is 2. The van der Waals surface area contributed by atoms with Gasteiger partial charge in [0.05, 0.1) is 0 Å². The van der Waals surface area contributed by atoms with Gasteiger partial charge in [0.2, 0.25) is 5.91 Å². The van der Waals surface area contributed by atoms with Gasteiger partial charge in [0.25, 0.3) is 0 Å². The minimum absolute atomic E-state index is 0.0292. The molecule has 0 bridgehead atoms. The summed E-state index contributed by atoms with van der Waals surface area (Å²) in [6.45, 7) is 2.89. The molecule has 3 N–H and O–H groups in total. The molecule has 102 valence electrons. The molecule has 3 nitrogen and oxygen atoms in total. The second-order valence-corrected chi connectivity index (χ2v) is 5.50. The van der Waals surface area contributed by atoms with E-state index in [1.807, 2.05) is 11.8 Å². The molecule has 0 heterocycles. The fourth-order valence-corrected chi connectivity index (χ4v) is 2.23. The van der Waals surface area contributed by atoms with Gasteiger partial charge < -0.3 is 11.1 Å². The summed E-state index contributed by atoms with van der Waals surface area (Å²) in [7, 11) is 0. The van der Waals surface area contributed by atoms with Crippen LogP contribution < -0.4 is 11.1 Å². The fourth-order valence-electron chi connectivity index (χ4n) is 1.74. The molecule has 0 aromatic carbocycles. The Hall–Kier alpha value is -0.220. The van der Waals surface area contributed by atoms with Gasteiger partial charge in [-0.3, -0.25) is 4.79 Å². The van der Waals surface area contributed by atoms with Gasteiger partial charge in [0.15, 0.2) is 0 Å². The highest BCUT2D eigenvalue weighted by atomic mass is 32.2. The van der Waals surface area contributed by atoms with Crippen molar-refractivity contribution in [3.8, 4) is 0 Å². The Labute approximate surface area is 110 Å². The molecule has 0 rings (SSSR count). The van der Waals surface area contributed by atoms with Crippen LogP contribution in [0.15, 0.2) is 0 Å². The number of nitrogens with one attached hydrogen (secondary N) is 1. The molecule has 0 aromatic heterocycles. The van der Waals surface area contributed by atoms with Crippen LogP contribution in [0.1, 0.15) is 51.9 Å². The van der Waals surface area contributed by atoms with Crippen LogP contribution >= 0.6 is 11.8 Å². The molecule has 0 saturated heterocycles. The van der Waals surface area contributed by atoms with E-state index in [9.17, 15) is 4.79 Å². The molecule has 0 aliphatic rings. The van der Waals surface area contributed by atoms with Crippen LogP contribution in [0.2, 0.25) is 0 Å². The predicted octanol–water partition coefficient (Wildman–Crippen LogP) is 2.54. The fraction of sp³-hybridized carbons (Fsp3) is 0.923. The Kier molecular flexibility index (Phi) is 12.1. The molecule has 0 radical (unpaired) electrons. The lowest BCUT2D eigenvalue weighted by atomic mass is 10.1. The summed E-state index contributed by atoms with van der Waals surface area (Å²) in [5.41, 5.74) is 5.81. The zero-order chi connectivity index (χ0) is 12.9. The van der Waals surface area contributed by atoms with Crippen molar-refractivity contribution in [2.24, 2.45) is 5.73 Å². The Morgan fingerprint density at radius 3 is 2.65 bits per heavy atom. The van der Waals surface area contributed by atoms with Gasteiger partial charge >= 0.3 is 0 Å². The lowest BCUT2D eigenvalue weighted by Gasteiger charge is -2.10. The number of thioether (sulfide) groups is 1. The van der Waals surface area contributed by atoms with Gasteiger partial charge in [-0.25, -0.2) is 0 Å². The van der Waals surface area contributed by atoms with Crippen LogP contribution in [0.25, 0.3) is 0 Å². The highest BCUT2D eigenvalue weighted by molar-refractivity contribution is 7.98. The first-order valence-corrected chi connectivity index (χ1v) is 8.11. The van der Waals surface area contributed by atoms with Crippen LogP contribution in [-0.4, -0.2) is 30.5 Å². The third-order valence-corrected chi connectivity index (χ3v) is 3.40. The smallest absolute Gasteiger partial charge is 0.221 e. The number of carbonyl (C=O) groups excluding carboxylic acids is 1. The van der Waals surface area contributed by atoms with E-state index in [2.05, 4.69) is 18.5 Å². The average molecular weight is 260 g/mol. The second kappa shape index (κ2) is 12.2. The van der Waals surface area contributed by atoms with Gasteiger partial charge in [-0.05, 0) is 31.3 Å². The van der Waals surface area contributed by atoms with E-state index >= 15 is 0 Å². The summed E-state index contributed by atoms with van der Waals surface area (Å²) in [6, 6.07) is 0.0292. The maximum Gasteiger partial charge on any atom is 0.221 e. The van der Waals surface area contributed by atoms with Crippen LogP contribution in [0, 0.1) is 0 Å². The van der Waals surface area contributed by atoms with E-state index in [1.54, 1.807) is 0 Å². The number of hydrogen-bond acceptors (Lipinski definition) is 3. The summed E-state index contributed by atoms with van der Waals surface area (Å²) in [5.74, 6) is 1.35. The van der Waals surface area contributed by atoms with Gasteiger partial charge in [-0.15, -0.1) is 0 Å². The minimum atomic E-state index is 0.0292. The summed E-state index contributed by atoms with van der Waals surface area (Å²) in [6.07, 6.45) is 9.44. The molecule has 1 atom stereocenters. The van der Waals surface area contributed by atoms with Crippen molar-refractivity contribution in [2.75, 3.05) is 18.6 Å². The minimum Gasteiger partial charge on any atom is -0.356 e. The third kappa shape index (κ3) is 12.0. The summed E-state index contributed by atoms with van der Waals surface area (Å²) in [5, 5.41) is 2.94. The second-order valence-electron chi connectivity index (χ2n) is 4.51. The van der Waals surface area contributed by atoms with Crippen molar-refractivity contribution in [1.82, 2.24) is 5.32 Å². The SMILES string of the molecule is CCCC(N)CC(=O)NCCCCCCSC. The maximum atomic E-state index is 11.5. The number of nitrogens with two attached hydrogens (primary N) is 1. The molecule has 1 unspecified atom stereocenters. The van der Waals surface area contributed by atoms with E-state index in [-0.39, 0.29) is 11.9 Å². The number of unbranched alkanes of at least 4 members (excludes halogenated alkanes) is 3. The van der Waals surface area contributed by atoms with Crippen molar-refractivity contribution >= 4 is 17.7 Å². The van der Waals surface area contributed by atoms with Crippen molar-refractivity contribution in [3.63, 3.8) is 0 Å². The lowest BCUT2D eigenvalue weighted by molar-refractivity contribution is -0.121. The molecule has 0 aromatic rings. The van der Waals surface area contributed by atoms with Crippen LogP contribution in [0.3, 0.4) is 0 Å². The summed E-state index contributed by atoms with van der Waals surface area (Å²) in [4.78, 5) is 11.5. The van der Waals surface area contributed by atoms with Gasteiger partial charge in [0.1, 0.15) is 0 Å². The van der Waals surface area contributed by atoms with E-state index < -0.39 is 0 Å². The molecular formula is C13H28N2OS.